The fourth-order valence-electron chi connectivity index (χ4n) is 2.21. The van der Waals surface area contributed by atoms with Gasteiger partial charge < -0.3 is 9.47 Å². The zero-order chi connectivity index (χ0) is 11.1. The number of nitrogens with zero attached hydrogens (tertiary/aromatic N) is 1. The summed E-state index contributed by atoms with van der Waals surface area (Å²) >= 11 is 0. The molecule has 82 valence electrons. The lowest BCUT2D eigenvalue weighted by atomic mass is 9.95. The van der Waals surface area contributed by atoms with E-state index < -0.39 is 6.10 Å². The van der Waals surface area contributed by atoms with Crippen molar-refractivity contribution in [1.82, 2.24) is 0 Å². The third kappa shape index (κ3) is 1.23. The molecule has 0 fully saturated rings. The van der Waals surface area contributed by atoms with Gasteiger partial charge in [0.2, 0.25) is 0 Å². The van der Waals surface area contributed by atoms with E-state index in [1.807, 2.05) is 24.3 Å². The molecule has 0 bridgehead atoms. The van der Waals surface area contributed by atoms with Crippen LogP contribution in [-0.2, 0) is 9.53 Å². The van der Waals surface area contributed by atoms with E-state index in [-0.39, 0.29) is 12.1 Å². The third-order valence-corrected chi connectivity index (χ3v) is 2.90. The Morgan fingerprint density at radius 1 is 1.31 bits per heavy atom. The number of aldehydes is 1. The molecule has 0 spiro atoms. The van der Waals surface area contributed by atoms with Crippen molar-refractivity contribution in [3.8, 4) is 5.75 Å². The molecule has 0 aromatic heterocycles. The first-order valence-corrected chi connectivity index (χ1v) is 5.21. The second kappa shape index (κ2) is 3.33. The summed E-state index contributed by atoms with van der Waals surface area (Å²) in [6.07, 6.45) is -0.102. The standard InChI is InChI=1S/C12H11NO3/c1-7-13-11-8-4-2-3-5-9(8)16-10(6-14)12(11)15-7/h2-6,10-12H,1H3. The molecule has 4 heteroatoms. The Labute approximate surface area is 92.9 Å². The Balaban J connectivity index is 2.09. The lowest BCUT2D eigenvalue weighted by Gasteiger charge is -2.30. The van der Waals surface area contributed by atoms with E-state index in [0.717, 1.165) is 17.6 Å². The number of rotatable bonds is 1. The summed E-state index contributed by atoms with van der Waals surface area (Å²) in [5.41, 5.74) is 0.988. The first-order chi connectivity index (χ1) is 7.79. The van der Waals surface area contributed by atoms with E-state index in [1.54, 1.807) is 6.92 Å². The zero-order valence-corrected chi connectivity index (χ0v) is 8.79. The maximum Gasteiger partial charge on any atom is 0.193 e. The number of aliphatic imine (C=N–C) groups is 1. The molecule has 3 rings (SSSR count). The molecule has 1 aromatic rings. The molecule has 4 nitrogen and oxygen atoms in total. The van der Waals surface area contributed by atoms with Crippen LogP contribution in [0.4, 0.5) is 0 Å². The monoisotopic (exact) mass is 217 g/mol. The van der Waals surface area contributed by atoms with E-state index in [2.05, 4.69) is 4.99 Å². The van der Waals surface area contributed by atoms with E-state index in [0.29, 0.717) is 5.90 Å². The third-order valence-electron chi connectivity index (χ3n) is 2.90. The number of fused-ring (bicyclic) bond motifs is 3. The molecule has 3 unspecified atom stereocenters. The Hall–Kier alpha value is -1.84. The molecule has 0 radical (unpaired) electrons. The smallest absolute Gasteiger partial charge is 0.193 e. The van der Waals surface area contributed by atoms with Crippen LogP contribution < -0.4 is 4.74 Å². The molecule has 2 heterocycles. The van der Waals surface area contributed by atoms with Gasteiger partial charge in [-0.05, 0) is 6.07 Å². The van der Waals surface area contributed by atoms with Gasteiger partial charge in [-0.2, -0.15) is 0 Å². The maximum atomic E-state index is 11.0. The van der Waals surface area contributed by atoms with E-state index in [1.165, 1.54) is 0 Å². The number of carbonyl (C=O) groups excluding carboxylic acids is 1. The summed E-state index contributed by atoms with van der Waals surface area (Å²) in [6, 6.07) is 7.52. The molecule has 0 saturated heterocycles. The molecule has 16 heavy (non-hydrogen) atoms. The molecule has 0 N–H and O–H groups in total. The van der Waals surface area contributed by atoms with Crippen LogP contribution in [-0.4, -0.2) is 24.4 Å². The molecule has 2 aliphatic rings. The van der Waals surface area contributed by atoms with Gasteiger partial charge in [0, 0.05) is 12.5 Å². The van der Waals surface area contributed by atoms with Gasteiger partial charge in [0.15, 0.2) is 24.4 Å². The molecule has 1 aromatic carbocycles. The Morgan fingerprint density at radius 2 is 2.12 bits per heavy atom. The van der Waals surface area contributed by atoms with Crippen LogP contribution in [0.5, 0.6) is 5.75 Å². The predicted octanol–water partition coefficient (Wildman–Crippen LogP) is 1.50. The topological polar surface area (TPSA) is 47.9 Å². The van der Waals surface area contributed by atoms with Gasteiger partial charge in [0.05, 0.1) is 0 Å². The summed E-state index contributed by atoms with van der Waals surface area (Å²) in [5.74, 6) is 1.34. The lowest BCUT2D eigenvalue weighted by molar-refractivity contribution is -0.118. The van der Waals surface area contributed by atoms with Crippen LogP contribution in [0.3, 0.4) is 0 Å². The first-order valence-electron chi connectivity index (χ1n) is 5.21. The van der Waals surface area contributed by atoms with Gasteiger partial charge in [-0.1, -0.05) is 18.2 Å². The zero-order valence-electron chi connectivity index (χ0n) is 8.79. The molecule has 0 amide bonds. The van der Waals surface area contributed by atoms with Crippen molar-refractivity contribution in [3.05, 3.63) is 29.8 Å². The van der Waals surface area contributed by atoms with Gasteiger partial charge in [0.1, 0.15) is 11.8 Å². The highest BCUT2D eigenvalue weighted by molar-refractivity contribution is 5.77. The quantitative estimate of drug-likeness (QED) is 0.670. The largest absolute Gasteiger partial charge is 0.479 e. The van der Waals surface area contributed by atoms with Gasteiger partial charge in [-0.15, -0.1) is 0 Å². The Bertz CT molecular complexity index is 469. The van der Waals surface area contributed by atoms with Crippen molar-refractivity contribution in [2.75, 3.05) is 0 Å². The van der Waals surface area contributed by atoms with Crippen molar-refractivity contribution >= 4 is 12.2 Å². The van der Waals surface area contributed by atoms with E-state index in [4.69, 9.17) is 9.47 Å². The fraction of sp³-hybridized carbons (Fsp3) is 0.333. The summed E-state index contributed by atoms with van der Waals surface area (Å²) in [7, 11) is 0. The van der Waals surface area contributed by atoms with Crippen LogP contribution in [0, 0.1) is 0 Å². The van der Waals surface area contributed by atoms with Crippen LogP contribution in [0.25, 0.3) is 0 Å². The predicted molar refractivity (Wildman–Crippen MR) is 57.6 cm³/mol. The second-order valence-electron chi connectivity index (χ2n) is 3.93. The Kier molecular flexibility index (Phi) is 1.96. The minimum atomic E-state index is -0.568. The average Bonchev–Trinajstić information content (AvgIpc) is 2.69. The molecular weight excluding hydrogens is 206 g/mol. The summed E-state index contributed by atoms with van der Waals surface area (Å²) in [6.45, 7) is 1.79. The van der Waals surface area contributed by atoms with E-state index in [9.17, 15) is 4.79 Å². The van der Waals surface area contributed by atoms with Crippen LogP contribution in [0.1, 0.15) is 18.5 Å². The lowest BCUT2D eigenvalue weighted by Crippen LogP contribution is -2.40. The van der Waals surface area contributed by atoms with Crippen molar-refractivity contribution in [2.45, 2.75) is 25.2 Å². The maximum absolute atomic E-state index is 11.0. The fourth-order valence-corrected chi connectivity index (χ4v) is 2.21. The highest BCUT2D eigenvalue weighted by Crippen LogP contribution is 2.41. The van der Waals surface area contributed by atoms with Gasteiger partial charge in [0.25, 0.3) is 0 Å². The number of ether oxygens (including phenoxy) is 2. The summed E-state index contributed by atoms with van der Waals surface area (Å²) < 4.78 is 11.1. The highest BCUT2D eigenvalue weighted by Gasteiger charge is 2.43. The highest BCUT2D eigenvalue weighted by atomic mass is 16.6. The Morgan fingerprint density at radius 3 is 2.94 bits per heavy atom. The van der Waals surface area contributed by atoms with E-state index >= 15 is 0 Å². The molecular formula is C12H11NO3. The number of benzene rings is 1. The molecule has 2 aliphatic heterocycles. The molecule has 0 saturated carbocycles. The van der Waals surface area contributed by atoms with Crippen molar-refractivity contribution < 1.29 is 14.3 Å². The van der Waals surface area contributed by atoms with Gasteiger partial charge >= 0.3 is 0 Å². The average molecular weight is 217 g/mol. The van der Waals surface area contributed by atoms with Gasteiger partial charge in [-0.25, -0.2) is 4.99 Å². The second-order valence-corrected chi connectivity index (χ2v) is 3.93. The minimum Gasteiger partial charge on any atom is -0.479 e. The van der Waals surface area contributed by atoms with Crippen LogP contribution in [0.2, 0.25) is 0 Å². The number of carbonyl (C=O) groups is 1. The SMILES string of the molecule is CC1=NC2c3ccccc3OC(C=O)C2O1. The number of hydrogen-bond donors (Lipinski definition) is 0. The normalized spacial score (nSPS) is 30.6. The molecule has 3 atom stereocenters. The van der Waals surface area contributed by atoms with Crippen LogP contribution in [0.15, 0.2) is 29.3 Å². The first kappa shape index (κ1) is 9.39. The minimum absolute atomic E-state index is 0.111. The summed E-state index contributed by atoms with van der Waals surface area (Å²) in [4.78, 5) is 15.4. The molecule has 0 aliphatic carbocycles. The van der Waals surface area contributed by atoms with Crippen molar-refractivity contribution in [2.24, 2.45) is 4.99 Å². The summed E-state index contributed by atoms with van der Waals surface area (Å²) in [5, 5.41) is 0. The van der Waals surface area contributed by atoms with Crippen molar-refractivity contribution in [1.29, 1.82) is 0 Å². The van der Waals surface area contributed by atoms with Crippen LogP contribution >= 0.6 is 0 Å². The number of hydrogen-bond acceptors (Lipinski definition) is 4. The van der Waals surface area contributed by atoms with Crippen molar-refractivity contribution in [3.63, 3.8) is 0 Å². The number of para-hydroxylation sites is 1. The van der Waals surface area contributed by atoms with Gasteiger partial charge in [-0.3, -0.25) is 4.79 Å².